The number of aliphatic hydroxyl groups is 1. The van der Waals surface area contributed by atoms with Gasteiger partial charge in [0.15, 0.2) is 0 Å². The number of amides is 1. The monoisotopic (exact) mass is 376 g/mol. The maximum Gasteiger partial charge on any atom is 0.233 e. The highest BCUT2D eigenvalue weighted by Crippen LogP contribution is 2.72. The van der Waals surface area contributed by atoms with E-state index in [9.17, 15) is 9.90 Å². The first-order valence-electron chi connectivity index (χ1n) is 10.6. The number of carbonyl (C=O) groups is 1. The standard InChI is InChI=1S/C24H28N2O2/c27-21(26-15-12-23(28,13-16-26)20-9-6-14-25-17-20)24(19-7-2-1-3-8-19)18-22(24)10-4-5-11-22/h1-3,6-9,14,17,28H,4-5,10-13,15-16,18H2/t24-/m0/s1. The van der Waals surface area contributed by atoms with Gasteiger partial charge in [-0.2, -0.15) is 0 Å². The van der Waals surface area contributed by atoms with Gasteiger partial charge in [0.25, 0.3) is 0 Å². The molecule has 3 fully saturated rings. The number of aromatic nitrogens is 1. The van der Waals surface area contributed by atoms with E-state index in [2.05, 4.69) is 29.2 Å². The van der Waals surface area contributed by atoms with E-state index >= 15 is 0 Å². The molecule has 4 nitrogen and oxygen atoms in total. The van der Waals surface area contributed by atoms with Gasteiger partial charge in [-0.05, 0) is 49.1 Å². The van der Waals surface area contributed by atoms with Crippen LogP contribution in [0, 0.1) is 5.41 Å². The summed E-state index contributed by atoms with van der Waals surface area (Å²) in [6, 6.07) is 14.2. The number of hydrogen-bond donors (Lipinski definition) is 1. The summed E-state index contributed by atoms with van der Waals surface area (Å²) in [6.07, 6.45) is 10.4. The normalized spacial score (nSPS) is 27.7. The van der Waals surface area contributed by atoms with Crippen LogP contribution in [0.5, 0.6) is 0 Å². The highest BCUT2D eigenvalue weighted by molar-refractivity contribution is 5.93. The van der Waals surface area contributed by atoms with E-state index in [1.54, 1.807) is 12.4 Å². The number of likely N-dealkylation sites (tertiary alicyclic amines) is 1. The van der Waals surface area contributed by atoms with Gasteiger partial charge in [0.2, 0.25) is 5.91 Å². The van der Waals surface area contributed by atoms with Crippen molar-refractivity contribution in [2.75, 3.05) is 13.1 Å². The van der Waals surface area contributed by atoms with Gasteiger partial charge >= 0.3 is 0 Å². The lowest BCUT2D eigenvalue weighted by atomic mass is 9.81. The average Bonchev–Trinajstić information content (AvgIpc) is 3.16. The number of pyridine rings is 1. The van der Waals surface area contributed by atoms with Gasteiger partial charge in [-0.3, -0.25) is 9.78 Å². The first-order chi connectivity index (χ1) is 13.6. The summed E-state index contributed by atoms with van der Waals surface area (Å²) < 4.78 is 0. The lowest BCUT2D eigenvalue weighted by molar-refractivity contribution is -0.139. The zero-order valence-electron chi connectivity index (χ0n) is 16.3. The van der Waals surface area contributed by atoms with Crippen molar-refractivity contribution >= 4 is 5.91 Å². The average molecular weight is 377 g/mol. The second-order valence-electron chi connectivity index (χ2n) is 9.00. The van der Waals surface area contributed by atoms with Crippen LogP contribution in [0.4, 0.5) is 0 Å². The van der Waals surface area contributed by atoms with Gasteiger partial charge < -0.3 is 10.0 Å². The number of piperidine rings is 1. The van der Waals surface area contributed by atoms with Crippen LogP contribution in [-0.2, 0) is 15.8 Å². The van der Waals surface area contributed by atoms with E-state index in [4.69, 9.17) is 0 Å². The fraction of sp³-hybridized carbons (Fsp3) is 0.500. The van der Waals surface area contributed by atoms with Crippen molar-refractivity contribution in [3.63, 3.8) is 0 Å². The molecular formula is C24H28N2O2. The molecular weight excluding hydrogens is 348 g/mol. The van der Waals surface area contributed by atoms with Gasteiger partial charge in [0.1, 0.15) is 0 Å². The number of benzene rings is 1. The van der Waals surface area contributed by atoms with Crippen LogP contribution in [0.3, 0.4) is 0 Å². The first-order valence-corrected chi connectivity index (χ1v) is 10.6. The van der Waals surface area contributed by atoms with Crippen molar-refractivity contribution in [1.82, 2.24) is 9.88 Å². The van der Waals surface area contributed by atoms with E-state index < -0.39 is 5.60 Å². The van der Waals surface area contributed by atoms with Crippen LogP contribution in [0.2, 0.25) is 0 Å². The second-order valence-corrected chi connectivity index (χ2v) is 9.00. The molecule has 1 aromatic carbocycles. The Bertz CT molecular complexity index is 853. The van der Waals surface area contributed by atoms with Gasteiger partial charge in [-0.1, -0.05) is 49.2 Å². The minimum Gasteiger partial charge on any atom is -0.385 e. The summed E-state index contributed by atoms with van der Waals surface area (Å²) in [7, 11) is 0. The summed E-state index contributed by atoms with van der Waals surface area (Å²) in [6.45, 7) is 1.21. The molecule has 1 aromatic heterocycles. The third-order valence-electron chi connectivity index (χ3n) is 7.65. The minimum atomic E-state index is -0.875. The number of carbonyl (C=O) groups excluding carboxylic acids is 1. The number of nitrogens with zero attached hydrogens (tertiary/aromatic N) is 2. The minimum absolute atomic E-state index is 0.169. The molecule has 1 amide bonds. The molecule has 2 aliphatic carbocycles. The predicted molar refractivity (Wildman–Crippen MR) is 108 cm³/mol. The Hall–Kier alpha value is -2.20. The summed E-state index contributed by atoms with van der Waals surface area (Å²) in [5.74, 6) is 0.286. The largest absolute Gasteiger partial charge is 0.385 e. The summed E-state index contributed by atoms with van der Waals surface area (Å²) in [4.78, 5) is 20.0. The third-order valence-corrected chi connectivity index (χ3v) is 7.65. The molecule has 0 bridgehead atoms. The first kappa shape index (κ1) is 17.9. The van der Waals surface area contributed by atoms with E-state index in [-0.39, 0.29) is 16.7 Å². The molecule has 0 unspecified atom stereocenters. The maximum atomic E-state index is 13.8. The zero-order chi connectivity index (χ0) is 19.2. The van der Waals surface area contributed by atoms with Gasteiger partial charge in [-0.15, -0.1) is 0 Å². The predicted octanol–water partition coefficient (Wildman–Crippen LogP) is 3.79. The lowest BCUT2D eigenvalue weighted by Crippen LogP contribution is -2.49. The number of hydrogen-bond acceptors (Lipinski definition) is 3. The van der Waals surface area contributed by atoms with Crippen molar-refractivity contribution < 1.29 is 9.90 Å². The molecule has 3 aliphatic rings. The molecule has 4 heteroatoms. The second kappa shape index (κ2) is 6.41. The smallest absolute Gasteiger partial charge is 0.233 e. The Morgan fingerprint density at radius 3 is 2.25 bits per heavy atom. The van der Waals surface area contributed by atoms with Crippen LogP contribution >= 0.6 is 0 Å². The summed E-state index contributed by atoms with van der Waals surface area (Å²) in [5.41, 5.74) is 1.00. The molecule has 146 valence electrons. The van der Waals surface area contributed by atoms with Gasteiger partial charge in [-0.25, -0.2) is 0 Å². The Morgan fingerprint density at radius 1 is 0.929 bits per heavy atom. The van der Waals surface area contributed by atoms with Crippen molar-refractivity contribution in [3.05, 3.63) is 66.0 Å². The van der Waals surface area contributed by atoms with Crippen LogP contribution in [-0.4, -0.2) is 34.0 Å². The topological polar surface area (TPSA) is 53.4 Å². The molecule has 1 aliphatic heterocycles. The molecule has 1 N–H and O–H groups in total. The summed E-state index contributed by atoms with van der Waals surface area (Å²) >= 11 is 0. The molecule has 1 spiro atoms. The van der Waals surface area contributed by atoms with Crippen LogP contribution in [0.25, 0.3) is 0 Å². The van der Waals surface area contributed by atoms with Crippen molar-refractivity contribution in [1.29, 1.82) is 0 Å². The third kappa shape index (κ3) is 2.54. The summed E-state index contributed by atoms with van der Waals surface area (Å²) in [5, 5.41) is 11.1. The van der Waals surface area contributed by atoms with Crippen molar-refractivity contribution in [2.45, 2.75) is 56.0 Å². The highest BCUT2D eigenvalue weighted by atomic mass is 16.3. The van der Waals surface area contributed by atoms with E-state index in [1.807, 2.05) is 23.1 Å². The van der Waals surface area contributed by atoms with Crippen LogP contribution in [0.1, 0.15) is 56.1 Å². The molecule has 5 rings (SSSR count). The molecule has 28 heavy (non-hydrogen) atoms. The fourth-order valence-electron chi connectivity index (χ4n) is 5.95. The van der Waals surface area contributed by atoms with E-state index in [0.29, 0.717) is 25.9 Å². The molecule has 2 heterocycles. The zero-order valence-corrected chi connectivity index (χ0v) is 16.3. The maximum absolute atomic E-state index is 13.8. The molecule has 1 atom stereocenters. The van der Waals surface area contributed by atoms with Crippen LogP contribution in [0.15, 0.2) is 54.9 Å². The molecule has 0 radical (unpaired) electrons. The Balaban J connectivity index is 1.39. The lowest BCUT2D eigenvalue weighted by Gasteiger charge is -2.40. The number of rotatable bonds is 3. The Morgan fingerprint density at radius 2 is 1.61 bits per heavy atom. The fourth-order valence-corrected chi connectivity index (χ4v) is 5.95. The molecule has 1 saturated heterocycles. The molecule has 2 aromatic rings. The van der Waals surface area contributed by atoms with Gasteiger partial charge in [0.05, 0.1) is 11.0 Å². The highest BCUT2D eigenvalue weighted by Gasteiger charge is 2.73. The van der Waals surface area contributed by atoms with Gasteiger partial charge in [0, 0.05) is 31.0 Å². The van der Waals surface area contributed by atoms with Crippen molar-refractivity contribution in [2.24, 2.45) is 5.41 Å². The van der Waals surface area contributed by atoms with Crippen LogP contribution < -0.4 is 0 Å². The SMILES string of the molecule is O=C(N1CCC(O)(c2cccnc2)CC1)[C@@]1(c2ccccc2)CC12CCCC2. The van der Waals surface area contributed by atoms with E-state index in [1.165, 1.54) is 31.2 Å². The Labute approximate surface area is 166 Å². The quantitative estimate of drug-likeness (QED) is 0.887. The Kier molecular flexibility index (Phi) is 4.09. The molecule has 2 saturated carbocycles. The van der Waals surface area contributed by atoms with E-state index in [0.717, 1.165) is 12.0 Å². The van der Waals surface area contributed by atoms with Crippen molar-refractivity contribution in [3.8, 4) is 0 Å².